The highest BCUT2D eigenvalue weighted by atomic mass is 16.5. The number of carbonyl (C=O) groups excluding carboxylic acids is 2. The summed E-state index contributed by atoms with van der Waals surface area (Å²) in [6.07, 6.45) is 2.29. The van der Waals surface area contributed by atoms with E-state index in [1.807, 2.05) is 48.5 Å². The molecule has 8 heteroatoms. The summed E-state index contributed by atoms with van der Waals surface area (Å²) in [5.41, 5.74) is 2.59. The molecule has 0 saturated heterocycles. The number of benzene rings is 2. The van der Waals surface area contributed by atoms with Gasteiger partial charge in [-0.05, 0) is 48.7 Å². The third kappa shape index (κ3) is 5.22. The lowest BCUT2D eigenvalue weighted by atomic mass is 9.97. The lowest BCUT2D eigenvalue weighted by Gasteiger charge is -2.27. The second-order valence-electron chi connectivity index (χ2n) is 8.50. The Morgan fingerprint density at radius 2 is 1.76 bits per heavy atom. The highest BCUT2D eigenvalue weighted by Crippen LogP contribution is 2.38. The lowest BCUT2D eigenvalue weighted by molar-refractivity contribution is -0.142. The summed E-state index contributed by atoms with van der Waals surface area (Å²) in [6, 6.07) is 14.9. The van der Waals surface area contributed by atoms with Gasteiger partial charge in [-0.1, -0.05) is 18.2 Å². The van der Waals surface area contributed by atoms with Gasteiger partial charge >= 0.3 is 0 Å². The molecule has 1 heterocycles. The molecule has 1 aliphatic carbocycles. The first-order chi connectivity index (χ1) is 16.5. The molecule has 1 fully saturated rings. The van der Waals surface area contributed by atoms with Crippen molar-refractivity contribution in [3.05, 3.63) is 59.7 Å². The maximum atomic E-state index is 13.6. The van der Waals surface area contributed by atoms with Gasteiger partial charge in [-0.15, -0.1) is 0 Å². The molecule has 0 unspecified atom stereocenters. The van der Waals surface area contributed by atoms with Crippen LogP contribution in [0.4, 0.5) is 0 Å². The Morgan fingerprint density at radius 3 is 2.41 bits per heavy atom. The number of hydrazone groups is 1. The largest absolute Gasteiger partial charge is 0.497 e. The number of hydrogen-bond donors (Lipinski definition) is 0. The minimum absolute atomic E-state index is 0.0118. The number of para-hydroxylation sites is 1. The molecule has 2 aromatic rings. The van der Waals surface area contributed by atoms with Crippen LogP contribution >= 0.6 is 0 Å². The zero-order valence-corrected chi connectivity index (χ0v) is 19.9. The molecule has 0 N–H and O–H groups in total. The minimum Gasteiger partial charge on any atom is -0.497 e. The molecular weight excluding hydrogens is 434 g/mol. The standard InChI is InChI=1S/C26H31N3O5/c1-32-15-14-28(26(31)19-8-9-19)17-25(30)29-23(21-6-4-5-7-24(21)34-3)16-22(27-29)18-10-12-20(33-2)13-11-18/h4-7,10-13,19,23H,8-9,14-17H2,1-3H3/t23-/m0/s1. The van der Waals surface area contributed by atoms with Crippen molar-refractivity contribution in [1.82, 2.24) is 9.91 Å². The Kier molecular flexibility index (Phi) is 7.47. The van der Waals surface area contributed by atoms with Crippen LogP contribution in [-0.2, 0) is 14.3 Å². The van der Waals surface area contributed by atoms with Gasteiger partial charge in [0.2, 0.25) is 5.91 Å². The van der Waals surface area contributed by atoms with E-state index in [1.165, 1.54) is 5.01 Å². The average Bonchev–Trinajstić information content (AvgIpc) is 3.64. The second kappa shape index (κ2) is 10.7. The molecule has 180 valence electrons. The molecule has 2 amide bonds. The third-order valence-corrected chi connectivity index (χ3v) is 6.22. The quantitative estimate of drug-likeness (QED) is 0.538. The maximum Gasteiger partial charge on any atom is 0.262 e. The zero-order valence-electron chi connectivity index (χ0n) is 19.9. The predicted octanol–water partition coefficient (Wildman–Crippen LogP) is 3.27. The van der Waals surface area contributed by atoms with Crippen molar-refractivity contribution in [2.75, 3.05) is 41.0 Å². The van der Waals surface area contributed by atoms with Crippen LogP contribution in [0.15, 0.2) is 53.6 Å². The Morgan fingerprint density at radius 1 is 1.03 bits per heavy atom. The van der Waals surface area contributed by atoms with Gasteiger partial charge in [0.25, 0.3) is 5.91 Å². The van der Waals surface area contributed by atoms with E-state index in [-0.39, 0.29) is 30.3 Å². The minimum atomic E-state index is -0.332. The van der Waals surface area contributed by atoms with Gasteiger partial charge in [0.15, 0.2) is 0 Å². The van der Waals surface area contributed by atoms with E-state index in [9.17, 15) is 9.59 Å². The molecule has 2 aliphatic rings. The summed E-state index contributed by atoms with van der Waals surface area (Å²) >= 11 is 0. The van der Waals surface area contributed by atoms with Gasteiger partial charge in [-0.3, -0.25) is 9.59 Å². The highest BCUT2D eigenvalue weighted by Gasteiger charge is 2.38. The van der Waals surface area contributed by atoms with Gasteiger partial charge in [-0.25, -0.2) is 5.01 Å². The topological polar surface area (TPSA) is 80.7 Å². The van der Waals surface area contributed by atoms with Crippen LogP contribution in [0.5, 0.6) is 11.5 Å². The zero-order chi connectivity index (χ0) is 24.1. The number of methoxy groups -OCH3 is 3. The van der Waals surface area contributed by atoms with Crippen LogP contribution in [0.2, 0.25) is 0 Å². The Balaban J connectivity index is 1.63. The van der Waals surface area contributed by atoms with Gasteiger partial charge < -0.3 is 19.1 Å². The van der Waals surface area contributed by atoms with Crippen molar-refractivity contribution in [2.24, 2.45) is 11.0 Å². The van der Waals surface area contributed by atoms with Gasteiger partial charge in [0.05, 0.1) is 32.6 Å². The van der Waals surface area contributed by atoms with Crippen molar-refractivity contribution in [1.29, 1.82) is 0 Å². The summed E-state index contributed by atoms with van der Waals surface area (Å²) < 4.78 is 16.0. The summed E-state index contributed by atoms with van der Waals surface area (Å²) in [5, 5.41) is 6.25. The third-order valence-electron chi connectivity index (χ3n) is 6.22. The highest BCUT2D eigenvalue weighted by molar-refractivity contribution is 6.03. The lowest BCUT2D eigenvalue weighted by Crippen LogP contribution is -2.43. The first kappa shape index (κ1) is 23.8. The molecule has 1 saturated carbocycles. The van der Waals surface area contributed by atoms with Gasteiger partial charge in [-0.2, -0.15) is 5.10 Å². The van der Waals surface area contributed by atoms with Crippen molar-refractivity contribution >= 4 is 17.5 Å². The number of ether oxygens (including phenoxy) is 3. The SMILES string of the molecule is COCCN(CC(=O)N1N=C(c2ccc(OC)cc2)C[C@H]1c1ccccc1OC)C(=O)C1CC1. The number of rotatable bonds is 10. The molecule has 4 rings (SSSR count). The van der Waals surface area contributed by atoms with Crippen molar-refractivity contribution < 1.29 is 23.8 Å². The van der Waals surface area contributed by atoms with Gasteiger partial charge in [0, 0.05) is 31.6 Å². The molecule has 8 nitrogen and oxygen atoms in total. The van der Waals surface area contributed by atoms with E-state index in [0.717, 1.165) is 35.4 Å². The van der Waals surface area contributed by atoms with E-state index in [2.05, 4.69) is 0 Å². The normalized spacial score (nSPS) is 17.3. The summed E-state index contributed by atoms with van der Waals surface area (Å²) in [5.74, 6) is 1.25. The molecule has 1 atom stereocenters. The van der Waals surface area contributed by atoms with E-state index in [0.29, 0.717) is 25.3 Å². The second-order valence-corrected chi connectivity index (χ2v) is 8.50. The Labute approximate surface area is 200 Å². The van der Waals surface area contributed by atoms with E-state index < -0.39 is 0 Å². The van der Waals surface area contributed by atoms with E-state index >= 15 is 0 Å². The number of nitrogens with zero attached hydrogens (tertiary/aromatic N) is 3. The predicted molar refractivity (Wildman–Crippen MR) is 128 cm³/mol. The first-order valence-corrected chi connectivity index (χ1v) is 11.5. The molecule has 34 heavy (non-hydrogen) atoms. The molecule has 2 aromatic carbocycles. The molecule has 0 bridgehead atoms. The van der Waals surface area contributed by atoms with Crippen LogP contribution in [0, 0.1) is 5.92 Å². The van der Waals surface area contributed by atoms with Crippen LogP contribution < -0.4 is 9.47 Å². The fourth-order valence-electron chi connectivity index (χ4n) is 4.18. The van der Waals surface area contributed by atoms with Crippen molar-refractivity contribution in [3.63, 3.8) is 0 Å². The molecule has 1 aliphatic heterocycles. The number of carbonyl (C=O) groups is 2. The van der Waals surface area contributed by atoms with Crippen LogP contribution in [0.1, 0.15) is 36.4 Å². The summed E-state index contributed by atoms with van der Waals surface area (Å²) in [4.78, 5) is 27.9. The Hall–Kier alpha value is -3.39. The molecule has 0 aromatic heterocycles. The Bertz CT molecular complexity index is 1050. The molecule has 0 radical (unpaired) electrons. The number of amides is 2. The van der Waals surface area contributed by atoms with E-state index in [4.69, 9.17) is 19.3 Å². The summed E-state index contributed by atoms with van der Waals surface area (Å²) in [6.45, 7) is 0.714. The van der Waals surface area contributed by atoms with Crippen LogP contribution in [0.25, 0.3) is 0 Å². The van der Waals surface area contributed by atoms with E-state index in [1.54, 1.807) is 26.2 Å². The van der Waals surface area contributed by atoms with Crippen LogP contribution in [0.3, 0.4) is 0 Å². The maximum absolute atomic E-state index is 13.6. The van der Waals surface area contributed by atoms with Gasteiger partial charge in [0.1, 0.15) is 18.0 Å². The van der Waals surface area contributed by atoms with Crippen LogP contribution in [-0.4, -0.2) is 68.5 Å². The monoisotopic (exact) mass is 465 g/mol. The van der Waals surface area contributed by atoms with Crippen molar-refractivity contribution in [2.45, 2.75) is 25.3 Å². The number of hydrogen-bond acceptors (Lipinski definition) is 6. The fraction of sp³-hybridized carbons (Fsp3) is 0.423. The van der Waals surface area contributed by atoms with Crippen molar-refractivity contribution in [3.8, 4) is 11.5 Å². The summed E-state index contributed by atoms with van der Waals surface area (Å²) in [7, 11) is 4.83. The first-order valence-electron chi connectivity index (χ1n) is 11.5. The fourth-order valence-corrected chi connectivity index (χ4v) is 4.18. The molecule has 0 spiro atoms. The smallest absolute Gasteiger partial charge is 0.262 e. The average molecular weight is 466 g/mol. The molecular formula is C26H31N3O5.